The molecule has 2 fully saturated rings. The lowest BCUT2D eigenvalue weighted by molar-refractivity contribution is -0.130. The van der Waals surface area contributed by atoms with E-state index >= 15 is 0 Å². The van der Waals surface area contributed by atoms with E-state index in [-0.39, 0.29) is 5.91 Å². The van der Waals surface area contributed by atoms with Gasteiger partial charge in [0, 0.05) is 32.7 Å². The number of hydrogen-bond acceptors (Lipinski definition) is 6. The van der Waals surface area contributed by atoms with Crippen molar-refractivity contribution >= 4 is 5.91 Å². The van der Waals surface area contributed by atoms with Gasteiger partial charge in [-0.25, -0.2) is 0 Å². The highest BCUT2D eigenvalue weighted by Crippen LogP contribution is 2.29. The van der Waals surface area contributed by atoms with E-state index in [4.69, 9.17) is 9.26 Å². The first kappa shape index (κ1) is 15.4. The highest BCUT2D eigenvalue weighted by molar-refractivity contribution is 5.74. The molecule has 1 saturated carbocycles. The highest BCUT2D eigenvalue weighted by Gasteiger charge is 2.35. The van der Waals surface area contributed by atoms with E-state index in [1.165, 1.54) is 0 Å². The molecule has 0 spiro atoms. The Morgan fingerprint density at radius 2 is 2.27 bits per heavy atom. The zero-order chi connectivity index (χ0) is 15.5. The minimum atomic E-state index is 0.191. The summed E-state index contributed by atoms with van der Waals surface area (Å²) < 4.78 is 10.1. The molecule has 0 N–H and O–H groups in total. The van der Waals surface area contributed by atoms with Crippen LogP contribution in [0.15, 0.2) is 4.52 Å². The standard InChI is InChI=1S/C15H24N4O3/c1-11(20)19(12-5-6-12)8-13-4-3-7-18(13)9-14-16-15(10-21-2)22-17-14/h12-13H,3-10H2,1-2H3/t13-/m0/s1. The van der Waals surface area contributed by atoms with E-state index in [9.17, 15) is 4.79 Å². The molecule has 2 aliphatic rings. The van der Waals surface area contributed by atoms with Gasteiger partial charge in [-0.1, -0.05) is 5.16 Å². The first-order chi connectivity index (χ1) is 10.7. The molecular weight excluding hydrogens is 284 g/mol. The smallest absolute Gasteiger partial charge is 0.252 e. The van der Waals surface area contributed by atoms with E-state index < -0.39 is 0 Å². The molecule has 1 aromatic heterocycles. The molecule has 1 aliphatic heterocycles. The van der Waals surface area contributed by atoms with Gasteiger partial charge in [0.25, 0.3) is 5.89 Å². The third kappa shape index (κ3) is 3.64. The molecule has 7 nitrogen and oxygen atoms in total. The maximum absolute atomic E-state index is 11.8. The van der Waals surface area contributed by atoms with Crippen molar-refractivity contribution in [1.29, 1.82) is 0 Å². The quantitative estimate of drug-likeness (QED) is 0.753. The van der Waals surface area contributed by atoms with Crippen LogP contribution in [0.4, 0.5) is 0 Å². The Labute approximate surface area is 130 Å². The molecule has 1 aliphatic carbocycles. The molecule has 1 saturated heterocycles. The molecule has 3 rings (SSSR count). The second-order valence-corrected chi connectivity index (χ2v) is 6.21. The van der Waals surface area contributed by atoms with Gasteiger partial charge in [-0.15, -0.1) is 0 Å². The summed E-state index contributed by atoms with van der Waals surface area (Å²) in [6.07, 6.45) is 4.58. The molecule has 7 heteroatoms. The molecule has 22 heavy (non-hydrogen) atoms. The van der Waals surface area contributed by atoms with Crippen LogP contribution in [-0.4, -0.2) is 58.1 Å². The first-order valence-electron chi connectivity index (χ1n) is 7.99. The fraction of sp³-hybridized carbons (Fsp3) is 0.800. The number of carbonyl (C=O) groups excluding carboxylic acids is 1. The highest BCUT2D eigenvalue weighted by atomic mass is 16.5. The van der Waals surface area contributed by atoms with E-state index in [0.29, 0.717) is 37.0 Å². The summed E-state index contributed by atoms with van der Waals surface area (Å²) >= 11 is 0. The second-order valence-electron chi connectivity index (χ2n) is 6.21. The van der Waals surface area contributed by atoms with Gasteiger partial charge >= 0.3 is 0 Å². The third-order valence-electron chi connectivity index (χ3n) is 4.42. The predicted octanol–water partition coefficient (Wildman–Crippen LogP) is 1.19. The van der Waals surface area contributed by atoms with E-state index in [0.717, 1.165) is 38.8 Å². The van der Waals surface area contributed by atoms with Gasteiger partial charge in [0.05, 0.1) is 6.54 Å². The zero-order valence-corrected chi connectivity index (χ0v) is 13.3. The van der Waals surface area contributed by atoms with E-state index in [1.54, 1.807) is 14.0 Å². The van der Waals surface area contributed by atoms with Crippen LogP contribution in [0.5, 0.6) is 0 Å². The number of likely N-dealkylation sites (tertiary alicyclic amines) is 1. The maximum atomic E-state index is 11.8. The molecule has 1 amide bonds. The molecular formula is C15H24N4O3. The summed E-state index contributed by atoms with van der Waals surface area (Å²) in [6.45, 7) is 4.54. The van der Waals surface area contributed by atoms with E-state index in [1.807, 2.05) is 4.90 Å². The summed E-state index contributed by atoms with van der Waals surface area (Å²) in [7, 11) is 1.61. The van der Waals surface area contributed by atoms with Gasteiger partial charge in [0.15, 0.2) is 5.82 Å². The van der Waals surface area contributed by atoms with Crippen LogP contribution >= 0.6 is 0 Å². The minimum absolute atomic E-state index is 0.191. The van der Waals surface area contributed by atoms with Crippen molar-refractivity contribution < 1.29 is 14.1 Å². The average molecular weight is 308 g/mol. The largest absolute Gasteiger partial charge is 0.375 e. The number of rotatable bonds is 7. The monoisotopic (exact) mass is 308 g/mol. The molecule has 122 valence electrons. The Kier molecular flexibility index (Phi) is 4.73. The predicted molar refractivity (Wildman–Crippen MR) is 78.9 cm³/mol. The number of amides is 1. The van der Waals surface area contributed by atoms with Crippen LogP contribution in [0, 0.1) is 0 Å². The number of hydrogen-bond donors (Lipinski definition) is 0. The maximum Gasteiger partial charge on any atom is 0.252 e. The number of nitrogens with zero attached hydrogens (tertiary/aromatic N) is 4. The lowest BCUT2D eigenvalue weighted by atomic mass is 10.2. The summed E-state index contributed by atoms with van der Waals surface area (Å²) in [5.74, 6) is 1.40. The Hall–Kier alpha value is -1.47. The van der Waals surface area contributed by atoms with Gasteiger partial charge in [0.1, 0.15) is 6.61 Å². The van der Waals surface area contributed by atoms with Crippen molar-refractivity contribution in [3.05, 3.63) is 11.7 Å². The van der Waals surface area contributed by atoms with Crippen molar-refractivity contribution in [3.8, 4) is 0 Å². The number of carbonyl (C=O) groups is 1. The van der Waals surface area contributed by atoms with Crippen LogP contribution in [0.25, 0.3) is 0 Å². The van der Waals surface area contributed by atoms with Crippen molar-refractivity contribution in [2.24, 2.45) is 0 Å². The van der Waals surface area contributed by atoms with E-state index in [2.05, 4.69) is 15.0 Å². The zero-order valence-electron chi connectivity index (χ0n) is 13.3. The number of methoxy groups -OCH3 is 1. The average Bonchev–Trinajstić information content (AvgIpc) is 3.07. The van der Waals surface area contributed by atoms with Gasteiger partial charge in [0.2, 0.25) is 5.91 Å². The summed E-state index contributed by atoms with van der Waals surface area (Å²) in [4.78, 5) is 20.5. The van der Waals surface area contributed by atoms with Crippen molar-refractivity contribution in [1.82, 2.24) is 19.9 Å². The molecule has 0 aromatic carbocycles. The molecule has 2 heterocycles. The fourth-order valence-electron chi connectivity index (χ4n) is 3.18. The van der Waals surface area contributed by atoms with Gasteiger partial charge in [-0.2, -0.15) is 4.98 Å². The van der Waals surface area contributed by atoms with Crippen LogP contribution in [0.1, 0.15) is 44.3 Å². The van der Waals surface area contributed by atoms with Crippen molar-refractivity contribution in [3.63, 3.8) is 0 Å². The Morgan fingerprint density at radius 1 is 1.45 bits per heavy atom. The Morgan fingerprint density at radius 3 is 2.95 bits per heavy atom. The minimum Gasteiger partial charge on any atom is -0.375 e. The SMILES string of the molecule is COCc1nc(CN2CCC[C@H]2CN(C(C)=O)C2CC2)no1. The van der Waals surface area contributed by atoms with Crippen LogP contribution < -0.4 is 0 Å². The molecule has 0 radical (unpaired) electrons. The van der Waals surface area contributed by atoms with Crippen LogP contribution in [-0.2, 0) is 22.7 Å². The first-order valence-corrected chi connectivity index (χ1v) is 7.99. The van der Waals surface area contributed by atoms with Gasteiger partial charge in [-0.05, 0) is 32.2 Å². The Bertz CT molecular complexity index is 515. The third-order valence-corrected chi connectivity index (χ3v) is 4.42. The van der Waals surface area contributed by atoms with Crippen LogP contribution in [0.2, 0.25) is 0 Å². The second kappa shape index (κ2) is 6.75. The van der Waals surface area contributed by atoms with Crippen molar-refractivity contribution in [2.75, 3.05) is 20.2 Å². The van der Waals surface area contributed by atoms with Crippen LogP contribution in [0.3, 0.4) is 0 Å². The number of aromatic nitrogens is 2. The number of ether oxygens (including phenoxy) is 1. The molecule has 1 aromatic rings. The molecule has 0 unspecified atom stereocenters. The molecule has 0 bridgehead atoms. The van der Waals surface area contributed by atoms with Crippen molar-refractivity contribution in [2.45, 2.75) is 57.8 Å². The Balaban J connectivity index is 1.58. The normalized spacial score (nSPS) is 22.2. The fourth-order valence-corrected chi connectivity index (χ4v) is 3.18. The summed E-state index contributed by atoms with van der Waals surface area (Å²) in [5, 5.41) is 4.01. The summed E-state index contributed by atoms with van der Waals surface area (Å²) in [6, 6.07) is 0.868. The van der Waals surface area contributed by atoms with Gasteiger partial charge in [-0.3, -0.25) is 9.69 Å². The molecule has 1 atom stereocenters. The topological polar surface area (TPSA) is 71.7 Å². The lowest BCUT2D eigenvalue weighted by Gasteiger charge is -2.29. The summed E-state index contributed by atoms with van der Waals surface area (Å²) in [5.41, 5.74) is 0. The lowest BCUT2D eigenvalue weighted by Crippen LogP contribution is -2.43. The van der Waals surface area contributed by atoms with Gasteiger partial charge < -0.3 is 14.2 Å².